The highest BCUT2D eigenvalue weighted by Gasteiger charge is 2.18. The molecular formula is C21H27F2N7O. The lowest BCUT2D eigenvalue weighted by Gasteiger charge is -2.19. The molecule has 0 aliphatic heterocycles. The maximum absolute atomic E-state index is 14.6. The Labute approximate surface area is 179 Å². The van der Waals surface area contributed by atoms with E-state index in [1.54, 1.807) is 29.1 Å². The first-order valence-corrected chi connectivity index (χ1v) is 10.2. The van der Waals surface area contributed by atoms with Gasteiger partial charge in [-0.3, -0.25) is 9.48 Å². The molecule has 2 aromatic heterocycles. The molecule has 1 aromatic carbocycles. The van der Waals surface area contributed by atoms with E-state index in [0.29, 0.717) is 12.2 Å². The van der Waals surface area contributed by atoms with Gasteiger partial charge in [0, 0.05) is 23.7 Å². The molecule has 1 amide bonds. The molecule has 0 fully saturated rings. The van der Waals surface area contributed by atoms with Crippen molar-refractivity contribution in [1.29, 1.82) is 0 Å². The molecule has 0 aliphatic carbocycles. The van der Waals surface area contributed by atoms with Crippen LogP contribution in [0.15, 0.2) is 30.5 Å². The quantitative estimate of drug-likeness (QED) is 0.369. The topological polar surface area (TPSA) is 124 Å². The number of hydrogen-bond donors (Lipinski definition) is 4. The van der Waals surface area contributed by atoms with Gasteiger partial charge in [0.05, 0.1) is 23.8 Å². The zero-order valence-corrected chi connectivity index (χ0v) is 17.4. The van der Waals surface area contributed by atoms with Crippen molar-refractivity contribution >= 4 is 34.1 Å². The number of fused-ring (bicyclic) bond motifs is 1. The van der Waals surface area contributed by atoms with Crippen molar-refractivity contribution < 1.29 is 13.6 Å². The second-order valence-electron chi connectivity index (χ2n) is 7.25. The molecule has 166 valence electrons. The zero-order chi connectivity index (χ0) is 22.4. The highest BCUT2D eigenvalue weighted by atomic mass is 19.1. The molecule has 6 N–H and O–H groups in total. The molecule has 0 saturated carbocycles. The van der Waals surface area contributed by atoms with Crippen LogP contribution in [-0.4, -0.2) is 39.9 Å². The molecule has 8 nitrogen and oxygen atoms in total. The van der Waals surface area contributed by atoms with E-state index in [-0.39, 0.29) is 29.8 Å². The van der Waals surface area contributed by atoms with Crippen LogP contribution in [0.25, 0.3) is 10.9 Å². The van der Waals surface area contributed by atoms with Crippen LogP contribution in [0.4, 0.5) is 26.1 Å². The molecular weight excluding hydrogens is 404 g/mol. The van der Waals surface area contributed by atoms with Gasteiger partial charge in [0.2, 0.25) is 0 Å². The highest BCUT2D eigenvalue weighted by Crippen LogP contribution is 2.26. The Morgan fingerprint density at radius 3 is 2.77 bits per heavy atom. The Hall–Kier alpha value is -3.27. The number of aromatic nitrogens is 3. The number of pyridine rings is 1. The van der Waals surface area contributed by atoms with Crippen molar-refractivity contribution in [2.45, 2.75) is 38.8 Å². The smallest absolute Gasteiger partial charge is 0.252 e. The molecule has 3 rings (SSSR count). The monoisotopic (exact) mass is 431 g/mol. The first-order chi connectivity index (χ1) is 15.0. The van der Waals surface area contributed by atoms with Gasteiger partial charge in [0.15, 0.2) is 11.6 Å². The van der Waals surface area contributed by atoms with E-state index in [9.17, 15) is 13.6 Å². The lowest BCUT2D eigenvalue weighted by Crippen LogP contribution is -2.30. The van der Waals surface area contributed by atoms with Crippen LogP contribution in [0.5, 0.6) is 0 Å². The second kappa shape index (κ2) is 10.2. The summed E-state index contributed by atoms with van der Waals surface area (Å²) in [5, 5.41) is 11.0. The third-order valence-corrected chi connectivity index (χ3v) is 4.97. The van der Waals surface area contributed by atoms with Crippen molar-refractivity contribution in [1.82, 2.24) is 14.8 Å². The summed E-state index contributed by atoms with van der Waals surface area (Å²) >= 11 is 0. The summed E-state index contributed by atoms with van der Waals surface area (Å²) in [6, 6.07) is 6.22. The van der Waals surface area contributed by atoms with E-state index < -0.39 is 18.4 Å². The number of anilines is 3. The Bertz CT molecular complexity index is 1050. The van der Waals surface area contributed by atoms with E-state index in [2.05, 4.69) is 27.6 Å². The summed E-state index contributed by atoms with van der Waals surface area (Å²) in [4.78, 5) is 16.1. The van der Waals surface area contributed by atoms with Crippen LogP contribution >= 0.6 is 0 Å². The van der Waals surface area contributed by atoms with E-state index >= 15 is 0 Å². The van der Waals surface area contributed by atoms with Crippen molar-refractivity contribution in [2.75, 3.05) is 23.9 Å². The number of carbonyl (C=O) groups excluding carboxylic acids is 1. The number of nitrogens with two attached hydrogens (primary N) is 2. The van der Waals surface area contributed by atoms with Crippen LogP contribution in [0.3, 0.4) is 0 Å². The number of carbonyl (C=O) groups is 1. The Morgan fingerprint density at radius 1 is 1.29 bits per heavy atom. The minimum atomic E-state index is -0.807. The third-order valence-electron chi connectivity index (χ3n) is 4.97. The number of nitrogens with one attached hydrogen (secondary N) is 2. The van der Waals surface area contributed by atoms with Gasteiger partial charge >= 0.3 is 0 Å². The third kappa shape index (κ3) is 5.26. The maximum Gasteiger partial charge on any atom is 0.252 e. The first kappa shape index (κ1) is 22.4. The van der Waals surface area contributed by atoms with Gasteiger partial charge in [-0.2, -0.15) is 5.10 Å². The summed E-state index contributed by atoms with van der Waals surface area (Å²) in [5.41, 5.74) is 12.5. The van der Waals surface area contributed by atoms with Gasteiger partial charge in [0.1, 0.15) is 12.5 Å². The number of aryl methyl sites for hydroxylation is 1. The normalized spacial score (nSPS) is 12.1. The predicted molar refractivity (Wildman–Crippen MR) is 118 cm³/mol. The highest BCUT2D eigenvalue weighted by molar-refractivity contribution is 5.99. The van der Waals surface area contributed by atoms with Crippen LogP contribution in [0.1, 0.15) is 36.5 Å². The maximum atomic E-state index is 14.6. The van der Waals surface area contributed by atoms with E-state index in [1.807, 2.05) is 0 Å². The fourth-order valence-corrected chi connectivity index (χ4v) is 3.33. The van der Waals surface area contributed by atoms with Gasteiger partial charge in [-0.15, -0.1) is 0 Å². The van der Waals surface area contributed by atoms with Crippen molar-refractivity contribution in [3.8, 4) is 0 Å². The van der Waals surface area contributed by atoms with E-state index in [0.717, 1.165) is 36.2 Å². The van der Waals surface area contributed by atoms with Crippen LogP contribution in [0.2, 0.25) is 0 Å². The SMILES string of the molecule is CCCCC(CN)Nc1nc(Nc2ccc3c(cnn3CCF)c2)c(C(N)=O)cc1F. The molecule has 0 bridgehead atoms. The number of nitrogens with zero attached hydrogens (tertiary/aromatic N) is 3. The molecule has 0 spiro atoms. The lowest BCUT2D eigenvalue weighted by molar-refractivity contribution is 0.100. The van der Waals surface area contributed by atoms with Crippen LogP contribution < -0.4 is 22.1 Å². The Morgan fingerprint density at radius 2 is 2.10 bits per heavy atom. The molecule has 1 atom stereocenters. The Kier molecular flexibility index (Phi) is 7.35. The van der Waals surface area contributed by atoms with Gasteiger partial charge in [-0.05, 0) is 30.7 Å². The summed E-state index contributed by atoms with van der Waals surface area (Å²) < 4.78 is 28.8. The van der Waals surface area contributed by atoms with E-state index in [1.165, 1.54) is 0 Å². The number of alkyl halides is 1. The summed E-state index contributed by atoms with van der Waals surface area (Å²) in [5.74, 6) is -1.37. The number of hydrogen-bond acceptors (Lipinski definition) is 6. The number of rotatable bonds is 11. The molecule has 3 aromatic rings. The van der Waals surface area contributed by atoms with Crippen LogP contribution in [0, 0.1) is 5.82 Å². The second-order valence-corrected chi connectivity index (χ2v) is 7.25. The number of primary amides is 1. The van der Waals surface area contributed by atoms with Gasteiger partial charge in [-0.1, -0.05) is 19.8 Å². The summed E-state index contributed by atoms with van der Waals surface area (Å²) in [6.07, 6.45) is 4.33. The average molecular weight is 431 g/mol. The van der Waals surface area contributed by atoms with Crippen molar-refractivity contribution in [3.05, 3.63) is 41.8 Å². The fourth-order valence-electron chi connectivity index (χ4n) is 3.33. The standard InChI is InChI=1S/C21H27F2N7O/c1-2-3-4-15(11-24)28-21-17(23)10-16(19(25)31)20(29-21)27-14-5-6-18-13(9-14)12-26-30(18)8-7-22/h5-6,9-10,12,15H,2-4,7-8,11,24H2,1H3,(H2,25,31)(H2,27,28,29). The predicted octanol–water partition coefficient (Wildman–Crippen LogP) is 3.31. The number of benzene rings is 1. The number of unbranched alkanes of at least 4 members (excludes halogenated alkanes) is 1. The molecule has 1 unspecified atom stereocenters. The zero-order valence-electron chi connectivity index (χ0n) is 17.4. The Balaban J connectivity index is 1.91. The van der Waals surface area contributed by atoms with Gasteiger partial charge in [-0.25, -0.2) is 13.8 Å². The molecule has 0 aliphatic rings. The van der Waals surface area contributed by atoms with Gasteiger partial charge in [0.25, 0.3) is 5.91 Å². The minimum absolute atomic E-state index is 0.00380. The van der Waals surface area contributed by atoms with Crippen LogP contribution in [-0.2, 0) is 6.54 Å². The molecule has 0 saturated heterocycles. The molecule has 10 heteroatoms. The molecule has 0 radical (unpaired) electrons. The summed E-state index contributed by atoms with van der Waals surface area (Å²) in [7, 11) is 0. The minimum Gasteiger partial charge on any atom is -0.365 e. The molecule has 31 heavy (non-hydrogen) atoms. The largest absolute Gasteiger partial charge is 0.365 e. The summed E-state index contributed by atoms with van der Waals surface area (Å²) in [6.45, 7) is 2.03. The van der Waals surface area contributed by atoms with E-state index in [4.69, 9.17) is 11.5 Å². The average Bonchev–Trinajstić information content (AvgIpc) is 3.15. The van der Waals surface area contributed by atoms with Gasteiger partial charge < -0.3 is 22.1 Å². The van der Waals surface area contributed by atoms with Crippen molar-refractivity contribution in [3.63, 3.8) is 0 Å². The van der Waals surface area contributed by atoms with Crippen molar-refractivity contribution in [2.24, 2.45) is 11.5 Å². The fraction of sp³-hybridized carbons (Fsp3) is 0.381. The lowest BCUT2D eigenvalue weighted by atomic mass is 10.1. The number of amides is 1. The first-order valence-electron chi connectivity index (χ1n) is 10.2. The number of halogens is 2. The molecule has 2 heterocycles.